The Labute approximate surface area is 98.8 Å². The van der Waals surface area contributed by atoms with E-state index in [1.165, 1.54) is 25.7 Å². The van der Waals surface area contributed by atoms with Crippen LogP contribution in [-0.4, -0.2) is 42.0 Å². The minimum atomic E-state index is 0.263. The number of hydrogen-bond donors (Lipinski definition) is 0. The van der Waals surface area contributed by atoms with Crippen LogP contribution in [0.25, 0.3) is 0 Å². The molecular formula is C13H24N2O. The minimum Gasteiger partial charge on any atom is -0.325 e. The van der Waals surface area contributed by atoms with Gasteiger partial charge in [-0.2, -0.15) is 0 Å². The SMILES string of the molecule is CCN(CC)C(=O)N1CC2CCCCC2C1. The van der Waals surface area contributed by atoms with Gasteiger partial charge in [-0.3, -0.25) is 0 Å². The topological polar surface area (TPSA) is 23.6 Å². The maximum Gasteiger partial charge on any atom is 0.319 e. The summed E-state index contributed by atoms with van der Waals surface area (Å²) in [4.78, 5) is 16.2. The van der Waals surface area contributed by atoms with Crippen molar-refractivity contribution in [2.45, 2.75) is 39.5 Å². The van der Waals surface area contributed by atoms with E-state index >= 15 is 0 Å². The standard InChI is InChI=1S/C13H24N2O/c1-3-14(4-2)13(16)15-9-11-7-5-6-8-12(11)10-15/h11-12H,3-10H2,1-2H3. The van der Waals surface area contributed by atoms with Crippen LogP contribution < -0.4 is 0 Å². The summed E-state index contributed by atoms with van der Waals surface area (Å²) in [6.45, 7) is 7.82. The van der Waals surface area contributed by atoms with E-state index in [1.54, 1.807) is 0 Å². The van der Waals surface area contributed by atoms with Crippen LogP contribution in [-0.2, 0) is 0 Å². The predicted octanol–water partition coefficient (Wildman–Crippen LogP) is 2.57. The van der Waals surface area contributed by atoms with Gasteiger partial charge in [0.2, 0.25) is 0 Å². The number of fused-ring (bicyclic) bond motifs is 1. The van der Waals surface area contributed by atoms with Crippen LogP contribution in [0.3, 0.4) is 0 Å². The molecule has 0 bridgehead atoms. The Hall–Kier alpha value is -0.730. The van der Waals surface area contributed by atoms with E-state index in [0.717, 1.165) is 38.0 Å². The van der Waals surface area contributed by atoms with Gasteiger partial charge in [-0.25, -0.2) is 4.79 Å². The second-order valence-electron chi connectivity index (χ2n) is 5.16. The fraction of sp³-hybridized carbons (Fsp3) is 0.923. The molecule has 0 spiro atoms. The van der Waals surface area contributed by atoms with Crippen LogP contribution >= 0.6 is 0 Å². The smallest absolute Gasteiger partial charge is 0.319 e. The fourth-order valence-corrected chi connectivity index (χ4v) is 3.26. The summed E-state index contributed by atoms with van der Waals surface area (Å²) in [7, 11) is 0. The monoisotopic (exact) mass is 224 g/mol. The second-order valence-corrected chi connectivity index (χ2v) is 5.16. The molecule has 0 aromatic heterocycles. The molecule has 1 saturated heterocycles. The Kier molecular flexibility index (Phi) is 3.72. The van der Waals surface area contributed by atoms with Crippen molar-refractivity contribution in [1.82, 2.24) is 9.80 Å². The van der Waals surface area contributed by atoms with E-state index in [9.17, 15) is 4.79 Å². The zero-order valence-corrected chi connectivity index (χ0v) is 10.6. The van der Waals surface area contributed by atoms with Gasteiger partial charge in [0.15, 0.2) is 0 Å². The average Bonchev–Trinajstić information content (AvgIpc) is 2.74. The van der Waals surface area contributed by atoms with Gasteiger partial charge >= 0.3 is 6.03 Å². The third-order valence-electron chi connectivity index (χ3n) is 4.28. The molecular weight excluding hydrogens is 200 g/mol. The second kappa shape index (κ2) is 5.07. The number of nitrogens with zero attached hydrogens (tertiary/aromatic N) is 2. The molecule has 0 aromatic carbocycles. The third-order valence-corrected chi connectivity index (χ3v) is 4.28. The highest BCUT2D eigenvalue weighted by molar-refractivity contribution is 5.74. The van der Waals surface area contributed by atoms with E-state index < -0.39 is 0 Å². The number of hydrogen-bond acceptors (Lipinski definition) is 1. The van der Waals surface area contributed by atoms with E-state index in [4.69, 9.17) is 0 Å². The van der Waals surface area contributed by atoms with Gasteiger partial charge in [-0.1, -0.05) is 12.8 Å². The number of carbonyl (C=O) groups is 1. The minimum absolute atomic E-state index is 0.263. The predicted molar refractivity (Wildman–Crippen MR) is 65.3 cm³/mol. The summed E-state index contributed by atoms with van der Waals surface area (Å²) >= 11 is 0. The molecule has 2 amide bonds. The first-order valence-corrected chi connectivity index (χ1v) is 6.80. The van der Waals surface area contributed by atoms with E-state index in [0.29, 0.717) is 0 Å². The Morgan fingerprint density at radius 1 is 1.12 bits per heavy atom. The molecule has 1 aliphatic carbocycles. The summed E-state index contributed by atoms with van der Waals surface area (Å²) in [5.74, 6) is 1.60. The van der Waals surface area contributed by atoms with Crippen LogP contribution in [0.5, 0.6) is 0 Å². The van der Waals surface area contributed by atoms with Crippen molar-refractivity contribution in [1.29, 1.82) is 0 Å². The van der Waals surface area contributed by atoms with Gasteiger partial charge in [0.05, 0.1) is 0 Å². The van der Waals surface area contributed by atoms with Crippen LogP contribution in [0.1, 0.15) is 39.5 Å². The lowest BCUT2D eigenvalue weighted by Gasteiger charge is -2.26. The number of likely N-dealkylation sites (tertiary alicyclic amines) is 1. The van der Waals surface area contributed by atoms with Crippen molar-refractivity contribution in [3.05, 3.63) is 0 Å². The summed E-state index contributed by atoms with van der Waals surface area (Å²) in [5, 5.41) is 0. The van der Waals surface area contributed by atoms with Crippen LogP contribution in [0.15, 0.2) is 0 Å². The van der Waals surface area contributed by atoms with Crippen LogP contribution in [0.4, 0.5) is 4.79 Å². The number of urea groups is 1. The lowest BCUT2D eigenvalue weighted by molar-refractivity contribution is 0.165. The van der Waals surface area contributed by atoms with Crippen LogP contribution in [0, 0.1) is 11.8 Å². The summed E-state index contributed by atoms with van der Waals surface area (Å²) in [6.07, 6.45) is 5.42. The Bertz CT molecular complexity index is 236. The first kappa shape index (κ1) is 11.7. The Balaban J connectivity index is 1.94. The molecule has 2 aliphatic rings. The van der Waals surface area contributed by atoms with Crippen molar-refractivity contribution in [3.8, 4) is 0 Å². The summed E-state index contributed by atoms with van der Waals surface area (Å²) in [5.41, 5.74) is 0. The highest BCUT2D eigenvalue weighted by atomic mass is 16.2. The quantitative estimate of drug-likeness (QED) is 0.707. The molecule has 16 heavy (non-hydrogen) atoms. The molecule has 2 fully saturated rings. The summed E-state index contributed by atoms with van der Waals surface area (Å²) in [6, 6.07) is 0.263. The summed E-state index contributed by atoms with van der Waals surface area (Å²) < 4.78 is 0. The first-order valence-electron chi connectivity index (χ1n) is 6.80. The van der Waals surface area contributed by atoms with Crippen molar-refractivity contribution in [2.24, 2.45) is 11.8 Å². The lowest BCUT2D eigenvalue weighted by Crippen LogP contribution is -2.42. The molecule has 92 valence electrons. The molecule has 2 rings (SSSR count). The van der Waals surface area contributed by atoms with E-state index in [1.807, 2.05) is 4.90 Å². The van der Waals surface area contributed by atoms with Gasteiger partial charge in [0.1, 0.15) is 0 Å². The molecule has 2 unspecified atom stereocenters. The molecule has 3 nitrogen and oxygen atoms in total. The largest absolute Gasteiger partial charge is 0.325 e. The first-order chi connectivity index (χ1) is 7.76. The van der Waals surface area contributed by atoms with Gasteiger partial charge in [0.25, 0.3) is 0 Å². The zero-order chi connectivity index (χ0) is 11.5. The number of amides is 2. The van der Waals surface area contributed by atoms with Gasteiger partial charge < -0.3 is 9.80 Å². The van der Waals surface area contributed by atoms with Gasteiger partial charge in [-0.15, -0.1) is 0 Å². The van der Waals surface area contributed by atoms with Crippen LogP contribution in [0.2, 0.25) is 0 Å². The van der Waals surface area contributed by atoms with Crippen molar-refractivity contribution in [3.63, 3.8) is 0 Å². The molecule has 0 radical (unpaired) electrons. The highest BCUT2D eigenvalue weighted by Gasteiger charge is 2.37. The molecule has 3 heteroatoms. The molecule has 2 atom stereocenters. The van der Waals surface area contributed by atoms with Crippen molar-refractivity contribution < 1.29 is 4.79 Å². The van der Waals surface area contributed by atoms with Gasteiger partial charge in [0, 0.05) is 26.2 Å². The molecule has 0 N–H and O–H groups in total. The zero-order valence-electron chi connectivity index (χ0n) is 10.6. The normalized spacial score (nSPS) is 29.0. The average molecular weight is 224 g/mol. The van der Waals surface area contributed by atoms with Gasteiger partial charge in [-0.05, 0) is 38.5 Å². The van der Waals surface area contributed by atoms with Crippen molar-refractivity contribution in [2.75, 3.05) is 26.2 Å². The molecule has 1 aliphatic heterocycles. The van der Waals surface area contributed by atoms with E-state index in [2.05, 4.69) is 18.7 Å². The maximum atomic E-state index is 12.2. The number of carbonyl (C=O) groups excluding carboxylic acids is 1. The fourth-order valence-electron chi connectivity index (χ4n) is 3.26. The Morgan fingerprint density at radius 3 is 2.06 bits per heavy atom. The molecule has 1 saturated carbocycles. The maximum absolute atomic E-state index is 12.2. The van der Waals surface area contributed by atoms with E-state index in [-0.39, 0.29) is 6.03 Å². The highest BCUT2D eigenvalue weighted by Crippen LogP contribution is 2.36. The van der Waals surface area contributed by atoms with Crippen molar-refractivity contribution >= 4 is 6.03 Å². The third kappa shape index (κ3) is 2.18. The molecule has 1 heterocycles. The molecule has 0 aromatic rings. The number of rotatable bonds is 2. The Morgan fingerprint density at radius 2 is 1.62 bits per heavy atom. The lowest BCUT2D eigenvalue weighted by atomic mass is 9.82.